The molecule has 3 nitrogen and oxygen atoms in total. The number of nitrogens with zero attached hydrogens (tertiary/aromatic N) is 1. The van der Waals surface area contributed by atoms with Crippen molar-refractivity contribution in [2.24, 2.45) is 0 Å². The van der Waals surface area contributed by atoms with Gasteiger partial charge in [-0.2, -0.15) is 0 Å². The molecule has 1 N–H and O–H groups in total. The van der Waals surface area contributed by atoms with Gasteiger partial charge in [0.15, 0.2) is 0 Å². The Balaban J connectivity index is 2.99. The maximum atomic E-state index is 12.7. The summed E-state index contributed by atoms with van der Waals surface area (Å²) < 4.78 is 36.5. The second-order valence-electron chi connectivity index (χ2n) is 2.51. The summed E-state index contributed by atoms with van der Waals surface area (Å²) in [6, 6.07) is 1.89. The summed E-state index contributed by atoms with van der Waals surface area (Å²) in [5.74, 6) is -1.31. The van der Waals surface area contributed by atoms with Gasteiger partial charge in [0.05, 0.1) is 11.3 Å². The van der Waals surface area contributed by atoms with Gasteiger partial charge in [-0.1, -0.05) is 0 Å². The van der Waals surface area contributed by atoms with Gasteiger partial charge in [-0.3, -0.25) is 4.98 Å². The molecule has 0 aromatic carbocycles. The zero-order valence-corrected chi connectivity index (χ0v) is 6.82. The van der Waals surface area contributed by atoms with Crippen LogP contribution < -0.4 is 0 Å². The lowest BCUT2D eigenvalue weighted by molar-refractivity contribution is 0.0470. The number of halogens is 3. The summed E-state index contributed by atoms with van der Waals surface area (Å²) in [7, 11) is 0. The molecule has 0 spiro atoms. The number of carbonyl (C=O) groups is 1. The number of aromatic carboxylic acids is 1. The van der Waals surface area contributed by atoms with Crippen LogP contribution in [0.2, 0.25) is 0 Å². The highest BCUT2D eigenvalue weighted by atomic mass is 19.3. The minimum absolute atomic E-state index is 0.265. The van der Waals surface area contributed by atoms with Gasteiger partial charge < -0.3 is 5.11 Å². The van der Waals surface area contributed by atoms with Gasteiger partial charge in [-0.15, -0.1) is 0 Å². The Labute approximate surface area is 77.2 Å². The van der Waals surface area contributed by atoms with Gasteiger partial charge in [0.1, 0.15) is 0 Å². The van der Waals surface area contributed by atoms with Crippen LogP contribution in [0, 0.1) is 0 Å². The lowest BCUT2D eigenvalue weighted by Crippen LogP contribution is -2.07. The standard InChI is InChI=1S/C8H6F3NO2/c9-6(7(10)11)5-3-4(8(13)14)1-2-12-5/h1-3,6-7H,(H,13,14). The fourth-order valence-electron chi connectivity index (χ4n) is 0.861. The molecule has 0 saturated heterocycles. The molecule has 6 heteroatoms. The molecule has 1 atom stereocenters. The average Bonchev–Trinajstić information content (AvgIpc) is 2.16. The molecular formula is C8H6F3NO2. The fraction of sp³-hybridized carbons (Fsp3) is 0.250. The SMILES string of the molecule is O=C(O)c1ccnc(C(F)C(F)F)c1. The van der Waals surface area contributed by atoms with Crippen LogP contribution in [0.15, 0.2) is 18.3 Å². The number of aromatic nitrogens is 1. The predicted molar refractivity (Wildman–Crippen MR) is 41.0 cm³/mol. The van der Waals surface area contributed by atoms with E-state index in [4.69, 9.17) is 5.11 Å². The van der Waals surface area contributed by atoms with Crippen LogP contribution in [0.25, 0.3) is 0 Å². The molecular weight excluding hydrogens is 199 g/mol. The Morgan fingerprint density at radius 2 is 2.07 bits per heavy atom. The predicted octanol–water partition coefficient (Wildman–Crippen LogP) is 2.06. The van der Waals surface area contributed by atoms with E-state index >= 15 is 0 Å². The second-order valence-corrected chi connectivity index (χ2v) is 2.51. The Bertz CT molecular complexity index is 343. The molecule has 1 unspecified atom stereocenters. The third kappa shape index (κ3) is 2.21. The van der Waals surface area contributed by atoms with E-state index in [0.29, 0.717) is 0 Å². The Morgan fingerprint density at radius 1 is 1.43 bits per heavy atom. The van der Waals surface area contributed by atoms with E-state index in [9.17, 15) is 18.0 Å². The molecule has 1 rings (SSSR count). The van der Waals surface area contributed by atoms with Crippen molar-refractivity contribution in [2.75, 3.05) is 0 Å². The van der Waals surface area contributed by atoms with E-state index < -0.39 is 24.3 Å². The molecule has 0 fully saturated rings. The van der Waals surface area contributed by atoms with E-state index in [1.165, 1.54) is 0 Å². The Hall–Kier alpha value is -1.59. The molecule has 0 radical (unpaired) electrons. The summed E-state index contributed by atoms with van der Waals surface area (Å²) in [5, 5.41) is 8.49. The van der Waals surface area contributed by atoms with E-state index in [0.717, 1.165) is 18.3 Å². The van der Waals surface area contributed by atoms with Crippen LogP contribution in [0.3, 0.4) is 0 Å². The van der Waals surface area contributed by atoms with Crippen LogP contribution in [-0.4, -0.2) is 22.5 Å². The monoisotopic (exact) mass is 205 g/mol. The van der Waals surface area contributed by atoms with Crippen molar-refractivity contribution in [1.82, 2.24) is 4.98 Å². The van der Waals surface area contributed by atoms with Crippen molar-refractivity contribution in [1.29, 1.82) is 0 Å². The second kappa shape index (κ2) is 4.08. The van der Waals surface area contributed by atoms with E-state index in [-0.39, 0.29) is 5.56 Å². The smallest absolute Gasteiger partial charge is 0.335 e. The molecule has 0 aliphatic carbocycles. The summed E-state index contributed by atoms with van der Waals surface area (Å²) >= 11 is 0. The van der Waals surface area contributed by atoms with Crippen LogP contribution in [0.4, 0.5) is 13.2 Å². The number of carboxylic acids is 1. The topological polar surface area (TPSA) is 50.2 Å². The zero-order valence-electron chi connectivity index (χ0n) is 6.82. The van der Waals surface area contributed by atoms with Crippen LogP contribution in [-0.2, 0) is 0 Å². The number of hydrogen-bond acceptors (Lipinski definition) is 2. The molecule has 0 aliphatic rings. The third-order valence-electron chi connectivity index (χ3n) is 1.53. The van der Waals surface area contributed by atoms with Gasteiger partial charge in [0.2, 0.25) is 6.17 Å². The summed E-state index contributed by atoms with van der Waals surface area (Å²) in [6.07, 6.45) is -4.77. The molecule has 14 heavy (non-hydrogen) atoms. The number of carboxylic acid groups (broad SMARTS) is 1. The van der Waals surface area contributed by atoms with Crippen molar-refractivity contribution in [3.63, 3.8) is 0 Å². The molecule has 0 bridgehead atoms. The first-order valence-electron chi connectivity index (χ1n) is 3.64. The highest BCUT2D eigenvalue weighted by molar-refractivity contribution is 5.87. The first kappa shape index (κ1) is 10.5. The van der Waals surface area contributed by atoms with Crippen molar-refractivity contribution < 1.29 is 23.1 Å². The van der Waals surface area contributed by atoms with E-state index in [1.54, 1.807) is 0 Å². The van der Waals surface area contributed by atoms with E-state index in [2.05, 4.69) is 4.98 Å². The zero-order chi connectivity index (χ0) is 10.7. The van der Waals surface area contributed by atoms with Gasteiger partial charge in [-0.05, 0) is 12.1 Å². The van der Waals surface area contributed by atoms with Crippen molar-refractivity contribution in [2.45, 2.75) is 12.6 Å². The van der Waals surface area contributed by atoms with Crippen LogP contribution in [0.5, 0.6) is 0 Å². The first-order valence-corrected chi connectivity index (χ1v) is 3.64. The number of rotatable bonds is 3. The summed E-state index contributed by atoms with van der Waals surface area (Å²) in [5.41, 5.74) is -0.835. The lowest BCUT2D eigenvalue weighted by Gasteiger charge is -2.06. The van der Waals surface area contributed by atoms with Crippen molar-refractivity contribution in [3.05, 3.63) is 29.6 Å². The minimum Gasteiger partial charge on any atom is -0.478 e. The van der Waals surface area contributed by atoms with Gasteiger partial charge >= 0.3 is 5.97 Å². The Kier molecular flexibility index (Phi) is 3.06. The maximum Gasteiger partial charge on any atom is 0.335 e. The van der Waals surface area contributed by atoms with Crippen LogP contribution >= 0.6 is 0 Å². The Morgan fingerprint density at radius 3 is 2.57 bits per heavy atom. The van der Waals surface area contributed by atoms with E-state index in [1.807, 2.05) is 0 Å². The van der Waals surface area contributed by atoms with Crippen molar-refractivity contribution in [3.8, 4) is 0 Å². The normalized spacial score (nSPS) is 12.9. The average molecular weight is 205 g/mol. The number of pyridine rings is 1. The highest BCUT2D eigenvalue weighted by Crippen LogP contribution is 2.23. The molecule has 0 saturated carbocycles. The molecule has 76 valence electrons. The summed E-state index contributed by atoms with van der Waals surface area (Å²) in [6.45, 7) is 0. The fourth-order valence-corrected chi connectivity index (χ4v) is 0.861. The quantitative estimate of drug-likeness (QED) is 0.821. The number of hydrogen-bond donors (Lipinski definition) is 1. The number of alkyl halides is 3. The lowest BCUT2D eigenvalue weighted by atomic mass is 10.2. The molecule has 1 aromatic heterocycles. The third-order valence-corrected chi connectivity index (χ3v) is 1.53. The largest absolute Gasteiger partial charge is 0.478 e. The van der Waals surface area contributed by atoms with Gasteiger partial charge in [0.25, 0.3) is 6.43 Å². The molecule has 0 aliphatic heterocycles. The highest BCUT2D eigenvalue weighted by Gasteiger charge is 2.23. The first-order chi connectivity index (χ1) is 6.52. The van der Waals surface area contributed by atoms with Gasteiger partial charge in [-0.25, -0.2) is 18.0 Å². The molecule has 1 heterocycles. The van der Waals surface area contributed by atoms with Crippen LogP contribution in [0.1, 0.15) is 22.2 Å². The van der Waals surface area contributed by atoms with Crippen molar-refractivity contribution >= 4 is 5.97 Å². The maximum absolute atomic E-state index is 12.7. The molecule has 1 aromatic rings. The summed E-state index contributed by atoms with van der Waals surface area (Å²) in [4.78, 5) is 13.7. The minimum atomic E-state index is -3.20. The van der Waals surface area contributed by atoms with Gasteiger partial charge in [0, 0.05) is 6.20 Å². The molecule has 0 amide bonds.